The van der Waals surface area contributed by atoms with Gasteiger partial charge < -0.3 is 0 Å². The molecule has 2 aliphatic carbocycles. The number of ketones is 8. The van der Waals surface area contributed by atoms with Crippen LogP contribution in [0.3, 0.4) is 0 Å². The molecule has 0 amide bonds. The summed E-state index contributed by atoms with van der Waals surface area (Å²) in [5.41, 5.74) is -3.28. The maximum Gasteiger partial charge on any atom is 0.163 e. The molecule has 2 rings (SSSR count). The Labute approximate surface area is 180 Å². The molecule has 2 fully saturated rings. The standard InChI is InChI=1S/C23H28O8/c1-7-12(24)14-16(26)10(18(28)22(3,4)20(14)30)9-11-17(27)15(13(25)8-2)21(31)23(5,6)19(11)29/h10-11,14-15H,7-9H2,1-6H3. The van der Waals surface area contributed by atoms with Crippen molar-refractivity contribution >= 4 is 46.3 Å². The van der Waals surface area contributed by atoms with Gasteiger partial charge in [-0.15, -0.1) is 0 Å². The second-order valence-electron chi connectivity index (χ2n) is 9.36. The van der Waals surface area contributed by atoms with Gasteiger partial charge in [0, 0.05) is 12.8 Å². The lowest BCUT2D eigenvalue weighted by atomic mass is 9.58. The van der Waals surface area contributed by atoms with Crippen molar-refractivity contribution < 1.29 is 38.4 Å². The van der Waals surface area contributed by atoms with E-state index < -0.39 is 87.2 Å². The van der Waals surface area contributed by atoms with Crippen LogP contribution in [0.25, 0.3) is 0 Å². The molecule has 0 heterocycles. The first kappa shape index (κ1) is 24.6. The summed E-state index contributed by atoms with van der Waals surface area (Å²) in [5, 5.41) is 0. The molecule has 0 aromatic rings. The Bertz CT molecular complexity index is 846. The zero-order valence-electron chi connectivity index (χ0n) is 18.7. The van der Waals surface area contributed by atoms with Crippen molar-refractivity contribution in [1.29, 1.82) is 0 Å². The molecular weight excluding hydrogens is 404 g/mol. The third-order valence-corrected chi connectivity index (χ3v) is 6.69. The Balaban J connectivity index is 2.53. The fourth-order valence-corrected chi connectivity index (χ4v) is 4.45. The molecule has 4 unspecified atom stereocenters. The molecule has 8 nitrogen and oxygen atoms in total. The first-order chi connectivity index (χ1) is 14.2. The summed E-state index contributed by atoms with van der Waals surface area (Å²) in [5.74, 6) is -12.5. The lowest BCUT2D eigenvalue weighted by Gasteiger charge is -2.39. The molecular formula is C23H28O8. The lowest BCUT2D eigenvalue weighted by molar-refractivity contribution is -0.158. The maximum atomic E-state index is 13.0. The van der Waals surface area contributed by atoms with Crippen molar-refractivity contribution in [3.05, 3.63) is 0 Å². The van der Waals surface area contributed by atoms with Crippen LogP contribution in [0.15, 0.2) is 0 Å². The number of Topliss-reactive ketones (excluding diaryl/α,β-unsaturated/α-hetero) is 8. The van der Waals surface area contributed by atoms with E-state index in [9.17, 15) is 38.4 Å². The van der Waals surface area contributed by atoms with Gasteiger partial charge in [0.05, 0.1) is 22.7 Å². The quantitative estimate of drug-likeness (QED) is 0.573. The van der Waals surface area contributed by atoms with Crippen LogP contribution in [0.4, 0.5) is 0 Å². The summed E-state index contributed by atoms with van der Waals surface area (Å²) in [6.45, 7) is 8.24. The highest BCUT2D eigenvalue weighted by Gasteiger charge is 2.60. The van der Waals surface area contributed by atoms with E-state index in [-0.39, 0.29) is 12.8 Å². The van der Waals surface area contributed by atoms with Crippen molar-refractivity contribution in [3.8, 4) is 0 Å². The predicted molar refractivity (Wildman–Crippen MR) is 107 cm³/mol. The molecule has 2 aliphatic rings. The SMILES string of the molecule is CCC(=O)C1C(=O)C(CC2C(=O)C(C(=O)CC)C(=O)C(C)(C)C2=O)C(=O)C(C)(C)C1=O. The Morgan fingerprint density at radius 1 is 0.613 bits per heavy atom. The molecule has 31 heavy (non-hydrogen) atoms. The smallest absolute Gasteiger partial charge is 0.163 e. The predicted octanol–water partition coefficient (Wildman–Crippen LogP) is 1.29. The summed E-state index contributed by atoms with van der Waals surface area (Å²) in [4.78, 5) is 102. The van der Waals surface area contributed by atoms with Crippen LogP contribution >= 0.6 is 0 Å². The first-order valence-corrected chi connectivity index (χ1v) is 10.5. The summed E-state index contributed by atoms with van der Waals surface area (Å²) in [6, 6.07) is 0. The van der Waals surface area contributed by atoms with E-state index in [0.717, 1.165) is 0 Å². The highest BCUT2D eigenvalue weighted by atomic mass is 16.2. The van der Waals surface area contributed by atoms with Gasteiger partial charge in [-0.1, -0.05) is 13.8 Å². The summed E-state index contributed by atoms with van der Waals surface area (Å²) in [7, 11) is 0. The van der Waals surface area contributed by atoms with E-state index in [4.69, 9.17) is 0 Å². The third kappa shape index (κ3) is 3.66. The lowest BCUT2D eigenvalue weighted by Crippen LogP contribution is -2.59. The molecule has 0 saturated heterocycles. The van der Waals surface area contributed by atoms with Gasteiger partial charge in [-0.05, 0) is 34.1 Å². The number of hydrogen-bond donors (Lipinski definition) is 0. The second-order valence-corrected chi connectivity index (χ2v) is 9.36. The fraction of sp³-hybridized carbons (Fsp3) is 0.652. The summed E-state index contributed by atoms with van der Waals surface area (Å²) in [6.07, 6.45) is -0.728. The van der Waals surface area contributed by atoms with Crippen LogP contribution in [0.5, 0.6) is 0 Å². The molecule has 0 spiro atoms. The highest BCUT2D eigenvalue weighted by Crippen LogP contribution is 2.42. The first-order valence-electron chi connectivity index (χ1n) is 10.5. The van der Waals surface area contributed by atoms with Gasteiger partial charge in [-0.3, -0.25) is 38.4 Å². The highest BCUT2D eigenvalue weighted by molar-refractivity contribution is 6.35. The maximum absolute atomic E-state index is 13.0. The van der Waals surface area contributed by atoms with E-state index in [0.29, 0.717) is 0 Å². The van der Waals surface area contributed by atoms with Crippen LogP contribution in [0.1, 0.15) is 60.8 Å². The zero-order valence-corrected chi connectivity index (χ0v) is 18.7. The van der Waals surface area contributed by atoms with Crippen LogP contribution in [-0.4, -0.2) is 46.3 Å². The molecule has 0 aliphatic heterocycles. The molecule has 0 aromatic carbocycles. The second kappa shape index (κ2) is 8.13. The van der Waals surface area contributed by atoms with E-state index in [1.807, 2.05) is 0 Å². The van der Waals surface area contributed by atoms with Crippen LogP contribution in [-0.2, 0) is 38.4 Å². The molecule has 168 valence electrons. The number of hydrogen-bond acceptors (Lipinski definition) is 8. The largest absolute Gasteiger partial charge is 0.298 e. The van der Waals surface area contributed by atoms with Crippen molar-refractivity contribution in [3.63, 3.8) is 0 Å². The Morgan fingerprint density at radius 2 is 0.903 bits per heavy atom. The average Bonchev–Trinajstić information content (AvgIpc) is 2.71. The van der Waals surface area contributed by atoms with Gasteiger partial charge in [0.1, 0.15) is 11.8 Å². The normalized spacial score (nSPS) is 30.5. The van der Waals surface area contributed by atoms with Crippen LogP contribution in [0, 0.1) is 34.5 Å². The van der Waals surface area contributed by atoms with E-state index in [1.54, 1.807) is 0 Å². The van der Waals surface area contributed by atoms with Crippen molar-refractivity contribution in [2.24, 2.45) is 34.5 Å². The number of carbonyl (C=O) groups excluding carboxylic acids is 8. The van der Waals surface area contributed by atoms with Gasteiger partial charge in [0.15, 0.2) is 46.3 Å². The minimum atomic E-state index is -1.64. The van der Waals surface area contributed by atoms with E-state index in [1.165, 1.54) is 41.5 Å². The number of rotatable bonds is 6. The summed E-state index contributed by atoms with van der Waals surface area (Å²) < 4.78 is 0. The molecule has 8 heteroatoms. The Hall–Kier alpha value is -2.64. The van der Waals surface area contributed by atoms with E-state index in [2.05, 4.69) is 0 Å². The summed E-state index contributed by atoms with van der Waals surface area (Å²) >= 11 is 0. The van der Waals surface area contributed by atoms with Crippen molar-refractivity contribution in [1.82, 2.24) is 0 Å². The van der Waals surface area contributed by atoms with Gasteiger partial charge in [0.2, 0.25) is 0 Å². The van der Waals surface area contributed by atoms with Crippen LogP contribution < -0.4 is 0 Å². The van der Waals surface area contributed by atoms with Gasteiger partial charge in [-0.2, -0.15) is 0 Å². The van der Waals surface area contributed by atoms with E-state index >= 15 is 0 Å². The molecule has 0 N–H and O–H groups in total. The minimum Gasteiger partial charge on any atom is -0.298 e. The molecule has 0 radical (unpaired) electrons. The minimum absolute atomic E-state index is 0.0883. The molecule has 0 aromatic heterocycles. The number of carbonyl (C=O) groups is 8. The van der Waals surface area contributed by atoms with Gasteiger partial charge >= 0.3 is 0 Å². The van der Waals surface area contributed by atoms with Gasteiger partial charge in [0.25, 0.3) is 0 Å². The molecule has 4 atom stereocenters. The van der Waals surface area contributed by atoms with Gasteiger partial charge in [-0.25, -0.2) is 0 Å². The molecule has 0 bridgehead atoms. The fourth-order valence-electron chi connectivity index (χ4n) is 4.45. The third-order valence-electron chi connectivity index (χ3n) is 6.69. The Morgan fingerprint density at radius 3 is 1.16 bits per heavy atom. The topological polar surface area (TPSA) is 137 Å². The Kier molecular flexibility index (Phi) is 6.46. The van der Waals surface area contributed by atoms with Crippen molar-refractivity contribution in [2.45, 2.75) is 60.8 Å². The monoisotopic (exact) mass is 432 g/mol. The average molecular weight is 432 g/mol. The zero-order chi connectivity index (χ0) is 24.0. The van der Waals surface area contributed by atoms with Crippen molar-refractivity contribution in [2.75, 3.05) is 0 Å². The molecule has 2 saturated carbocycles. The van der Waals surface area contributed by atoms with Crippen LogP contribution in [0.2, 0.25) is 0 Å².